The van der Waals surface area contributed by atoms with Crippen molar-refractivity contribution < 1.29 is 9.90 Å². The topological polar surface area (TPSA) is 49.3 Å². The first kappa shape index (κ1) is 10.9. The molecule has 1 saturated carbocycles. The van der Waals surface area contributed by atoms with Gasteiger partial charge >= 0.3 is 0 Å². The number of carbonyl (C=O) groups is 1. The van der Waals surface area contributed by atoms with Gasteiger partial charge in [0.2, 0.25) is 5.91 Å². The van der Waals surface area contributed by atoms with E-state index in [9.17, 15) is 9.90 Å². The van der Waals surface area contributed by atoms with E-state index in [-0.39, 0.29) is 11.8 Å². The molecule has 86 valence electrons. The molecule has 15 heavy (non-hydrogen) atoms. The number of hydrogen-bond acceptors (Lipinski definition) is 2. The van der Waals surface area contributed by atoms with Crippen LogP contribution in [-0.2, 0) is 4.79 Å². The fraction of sp³-hybridized carbons (Fsp3) is 0.917. The third-order valence-electron chi connectivity index (χ3n) is 3.81. The number of nitrogens with one attached hydrogen (secondary N) is 1. The maximum atomic E-state index is 11.7. The molecule has 0 aromatic heterocycles. The average Bonchev–Trinajstić information content (AvgIpc) is 2.53. The van der Waals surface area contributed by atoms with E-state index in [2.05, 4.69) is 5.32 Å². The van der Waals surface area contributed by atoms with Crippen LogP contribution in [-0.4, -0.2) is 23.2 Å². The number of aliphatic hydroxyl groups is 1. The lowest BCUT2D eigenvalue weighted by molar-refractivity contribution is -0.127. The van der Waals surface area contributed by atoms with E-state index in [1.807, 2.05) is 0 Å². The summed E-state index contributed by atoms with van der Waals surface area (Å²) < 4.78 is 0. The van der Waals surface area contributed by atoms with Gasteiger partial charge in [-0.25, -0.2) is 0 Å². The van der Waals surface area contributed by atoms with Gasteiger partial charge in [0.15, 0.2) is 0 Å². The summed E-state index contributed by atoms with van der Waals surface area (Å²) in [6.07, 6.45) is 7.83. The normalized spacial score (nSPS) is 31.0. The average molecular weight is 211 g/mol. The van der Waals surface area contributed by atoms with E-state index in [1.165, 1.54) is 0 Å². The van der Waals surface area contributed by atoms with Crippen LogP contribution in [0.15, 0.2) is 0 Å². The van der Waals surface area contributed by atoms with Crippen molar-refractivity contribution in [3.8, 4) is 0 Å². The van der Waals surface area contributed by atoms with E-state index >= 15 is 0 Å². The Morgan fingerprint density at radius 1 is 1.27 bits per heavy atom. The summed E-state index contributed by atoms with van der Waals surface area (Å²) in [6.45, 7) is 0.813. The Kier molecular flexibility index (Phi) is 3.29. The molecule has 1 aliphatic carbocycles. The number of hydrogen-bond donors (Lipinski definition) is 2. The quantitative estimate of drug-likeness (QED) is 0.729. The summed E-state index contributed by atoms with van der Waals surface area (Å²) in [6, 6.07) is 0. The molecule has 0 radical (unpaired) electrons. The molecule has 1 atom stereocenters. The second-order valence-corrected chi connectivity index (χ2v) is 5.12. The van der Waals surface area contributed by atoms with E-state index < -0.39 is 5.60 Å². The first-order valence-corrected chi connectivity index (χ1v) is 6.20. The van der Waals surface area contributed by atoms with Crippen LogP contribution < -0.4 is 5.32 Å². The van der Waals surface area contributed by atoms with Gasteiger partial charge in [0.25, 0.3) is 0 Å². The van der Waals surface area contributed by atoms with Crippen molar-refractivity contribution in [2.75, 3.05) is 6.54 Å². The molecule has 1 aliphatic heterocycles. The lowest BCUT2D eigenvalue weighted by Gasteiger charge is -2.26. The highest BCUT2D eigenvalue weighted by Crippen LogP contribution is 2.36. The Hall–Kier alpha value is -0.570. The van der Waals surface area contributed by atoms with Gasteiger partial charge in [-0.3, -0.25) is 4.79 Å². The van der Waals surface area contributed by atoms with Crippen LogP contribution >= 0.6 is 0 Å². The molecule has 1 heterocycles. The molecule has 1 unspecified atom stereocenters. The monoisotopic (exact) mass is 211 g/mol. The molecule has 0 aromatic rings. The van der Waals surface area contributed by atoms with Gasteiger partial charge in [0, 0.05) is 12.5 Å². The number of amides is 1. The van der Waals surface area contributed by atoms with E-state index in [0.29, 0.717) is 6.42 Å². The van der Waals surface area contributed by atoms with Crippen molar-refractivity contribution >= 4 is 5.91 Å². The van der Waals surface area contributed by atoms with Gasteiger partial charge in [-0.1, -0.05) is 19.3 Å². The molecule has 1 amide bonds. The molecular formula is C12H21NO2. The minimum absolute atomic E-state index is 0.0515. The number of carbonyl (C=O) groups excluding carboxylic acids is 1. The Bertz CT molecular complexity index is 234. The molecule has 2 N–H and O–H groups in total. The Morgan fingerprint density at radius 3 is 2.73 bits per heavy atom. The zero-order chi connectivity index (χ0) is 10.7. The second-order valence-electron chi connectivity index (χ2n) is 5.12. The Labute approximate surface area is 91.2 Å². The van der Waals surface area contributed by atoms with Crippen LogP contribution in [0.3, 0.4) is 0 Å². The number of rotatable bonds is 2. The van der Waals surface area contributed by atoms with Crippen molar-refractivity contribution in [1.29, 1.82) is 0 Å². The third kappa shape index (κ3) is 2.71. The van der Waals surface area contributed by atoms with E-state index in [1.54, 1.807) is 0 Å². The molecule has 1 saturated heterocycles. The fourth-order valence-electron chi connectivity index (χ4n) is 2.89. The third-order valence-corrected chi connectivity index (χ3v) is 3.81. The van der Waals surface area contributed by atoms with Crippen LogP contribution in [0.2, 0.25) is 0 Å². The predicted octanol–water partition coefficient (Wildman–Crippen LogP) is 1.60. The SMILES string of the molecule is O=C1NCCCCC1CC1(O)CCCC1. The Balaban J connectivity index is 1.93. The van der Waals surface area contributed by atoms with Crippen molar-refractivity contribution in [3.05, 3.63) is 0 Å². The summed E-state index contributed by atoms with van der Waals surface area (Å²) in [7, 11) is 0. The van der Waals surface area contributed by atoms with Gasteiger partial charge in [-0.2, -0.15) is 0 Å². The van der Waals surface area contributed by atoms with Crippen molar-refractivity contribution in [1.82, 2.24) is 5.32 Å². The van der Waals surface area contributed by atoms with Gasteiger partial charge in [-0.15, -0.1) is 0 Å². The molecule has 0 bridgehead atoms. The maximum Gasteiger partial charge on any atom is 0.223 e. The molecule has 0 aromatic carbocycles. The van der Waals surface area contributed by atoms with E-state index in [4.69, 9.17) is 0 Å². The largest absolute Gasteiger partial charge is 0.390 e. The summed E-state index contributed by atoms with van der Waals surface area (Å²) in [5.41, 5.74) is -0.535. The molecule has 2 aliphatic rings. The minimum Gasteiger partial charge on any atom is -0.390 e. The lowest BCUT2D eigenvalue weighted by Crippen LogP contribution is -2.35. The summed E-state index contributed by atoms with van der Waals surface area (Å²) in [5, 5.41) is 13.2. The predicted molar refractivity (Wildman–Crippen MR) is 58.4 cm³/mol. The zero-order valence-corrected chi connectivity index (χ0v) is 9.30. The standard InChI is InChI=1S/C12H21NO2/c14-11-10(5-1-4-8-13-11)9-12(15)6-2-3-7-12/h10,15H,1-9H2,(H,13,14). The highest BCUT2D eigenvalue weighted by Gasteiger charge is 2.36. The lowest BCUT2D eigenvalue weighted by atomic mass is 9.86. The van der Waals surface area contributed by atoms with Crippen LogP contribution in [0.4, 0.5) is 0 Å². The maximum absolute atomic E-state index is 11.7. The summed E-state index contributed by atoms with van der Waals surface area (Å²) in [4.78, 5) is 11.7. The van der Waals surface area contributed by atoms with Crippen LogP contribution in [0, 0.1) is 5.92 Å². The highest BCUT2D eigenvalue weighted by atomic mass is 16.3. The fourth-order valence-corrected chi connectivity index (χ4v) is 2.89. The molecular weight excluding hydrogens is 190 g/mol. The van der Waals surface area contributed by atoms with Gasteiger partial charge < -0.3 is 10.4 Å². The van der Waals surface area contributed by atoms with Crippen molar-refractivity contribution in [2.24, 2.45) is 5.92 Å². The first-order valence-electron chi connectivity index (χ1n) is 6.20. The zero-order valence-electron chi connectivity index (χ0n) is 9.30. The first-order chi connectivity index (χ1) is 7.20. The summed E-state index contributed by atoms with van der Waals surface area (Å²) >= 11 is 0. The van der Waals surface area contributed by atoms with Crippen LogP contribution in [0.1, 0.15) is 51.4 Å². The van der Waals surface area contributed by atoms with Crippen molar-refractivity contribution in [3.63, 3.8) is 0 Å². The van der Waals surface area contributed by atoms with Gasteiger partial charge in [0.1, 0.15) is 0 Å². The Morgan fingerprint density at radius 2 is 2.00 bits per heavy atom. The summed E-state index contributed by atoms with van der Waals surface area (Å²) in [5.74, 6) is 0.212. The van der Waals surface area contributed by atoms with Gasteiger partial charge in [0.05, 0.1) is 5.60 Å². The molecule has 3 nitrogen and oxygen atoms in total. The van der Waals surface area contributed by atoms with E-state index in [0.717, 1.165) is 51.5 Å². The highest BCUT2D eigenvalue weighted by molar-refractivity contribution is 5.78. The smallest absolute Gasteiger partial charge is 0.223 e. The van der Waals surface area contributed by atoms with Gasteiger partial charge in [-0.05, 0) is 32.1 Å². The molecule has 3 heteroatoms. The molecule has 0 spiro atoms. The second kappa shape index (κ2) is 4.52. The van der Waals surface area contributed by atoms with Crippen LogP contribution in [0.5, 0.6) is 0 Å². The minimum atomic E-state index is -0.535. The van der Waals surface area contributed by atoms with Crippen molar-refractivity contribution in [2.45, 2.75) is 57.0 Å². The molecule has 2 rings (SSSR count). The van der Waals surface area contributed by atoms with Crippen LogP contribution in [0.25, 0.3) is 0 Å². The molecule has 2 fully saturated rings.